The molecule has 0 saturated heterocycles. The molecule has 140 valence electrons. The summed E-state index contributed by atoms with van der Waals surface area (Å²) in [7, 11) is -7.28. The molecule has 0 unspecified atom stereocenters. The van der Waals surface area contributed by atoms with Crippen LogP contribution < -0.4 is 4.72 Å². The molecule has 1 aliphatic rings. The molecule has 0 radical (unpaired) electrons. The molecule has 0 bridgehead atoms. The van der Waals surface area contributed by atoms with Crippen molar-refractivity contribution in [2.75, 3.05) is 16.7 Å². The van der Waals surface area contributed by atoms with E-state index in [-0.39, 0.29) is 33.4 Å². The maximum absolute atomic E-state index is 12.9. The lowest BCUT2D eigenvalue weighted by atomic mass is 10.0. The van der Waals surface area contributed by atoms with Crippen molar-refractivity contribution in [1.82, 2.24) is 5.16 Å². The van der Waals surface area contributed by atoms with E-state index in [1.54, 1.807) is 0 Å². The van der Waals surface area contributed by atoms with Crippen LogP contribution in [-0.2, 0) is 19.9 Å². The standard InChI is InChI=1S/C16H18N2O6S2/c1-3-26(22,23)18-14-8-11(25(2,20)21)6-7-12(14)15(19)13-9-17-24-16(13)10-4-5-10/h6-10,18H,3-5H2,1-2H3. The molecule has 1 aromatic heterocycles. The van der Waals surface area contributed by atoms with Crippen LogP contribution in [-0.4, -0.2) is 39.8 Å². The van der Waals surface area contributed by atoms with E-state index in [4.69, 9.17) is 4.52 Å². The van der Waals surface area contributed by atoms with E-state index < -0.39 is 25.6 Å². The van der Waals surface area contributed by atoms with E-state index in [1.165, 1.54) is 25.3 Å². The van der Waals surface area contributed by atoms with E-state index in [9.17, 15) is 21.6 Å². The number of anilines is 1. The Balaban J connectivity index is 2.10. The zero-order valence-electron chi connectivity index (χ0n) is 14.2. The number of aromatic nitrogens is 1. The van der Waals surface area contributed by atoms with Crippen molar-refractivity contribution in [3.05, 3.63) is 41.3 Å². The van der Waals surface area contributed by atoms with Gasteiger partial charge in [0.05, 0.1) is 28.1 Å². The van der Waals surface area contributed by atoms with Gasteiger partial charge in [-0.2, -0.15) is 0 Å². The lowest BCUT2D eigenvalue weighted by Gasteiger charge is -2.12. The Morgan fingerprint density at radius 1 is 1.23 bits per heavy atom. The number of hydrogen-bond acceptors (Lipinski definition) is 7. The number of sulfonamides is 1. The van der Waals surface area contributed by atoms with Gasteiger partial charge in [0, 0.05) is 17.7 Å². The summed E-state index contributed by atoms with van der Waals surface area (Å²) in [5.74, 6) is -0.0688. The fourth-order valence-corrected chi connectivity index (χ4v) is 3.78. The predicted octanol–water partition coefficient (Wildman–Crippen LogP) is 1.95. The summed E-state index contributed by atoms with van der Waals surface area (Å²) in [6.07, 6.45) is 4.11. The van der Waals surface area contributed by atoms with Gasteiger partial charge in [-0.15, -0.1) is 0 Å². The van der Waals surface area contributed by atoms with Gasteiger partial charge in [-0.1, -0.05) is 5.16 Å². The highest BCUT2D eigenvalue weighted by Gasteiger charge is 2.33. The Morgan fingerprint density at radius 3 is 2.50 bits per heavy atom. The number of carbonyl (C=O) groups excluding carboxylic acids is 1. The quantitative estimate of drug-likeness (QED) is 0.707. The Labute approximate surface area is 151 Å². The maximum atomic E-state index is 12.9. The van der Waals surface area contributed by atoms with Crippen LogP contribution in [0.15, 0.2) is 33.8 Å². The Hall–Kier alpha value is -2.20. The first-order chi connectivity index (χ1) is 12.1. The van der Waals surface area contributed by atoms with E-state index in [1.807, 2.05) is 0 Å². The Morgan fingerprint density at radius 2 is 1.92 bits per heavy atom. The molecule has 1 aromatic carbocycles. The second-order valence-electron chi connectivity index (χ2n) is 6.19. The van der Waals surface area contributed by atoms with Gasteiger partial charge in [-0.05, 0) is 38.0 Å². The second-order valence-corrected chi connectivity index (χ2v) is 10.2. The van der Waals surface area contributed by atoms with Gasteiger partial charge in [0.2, 0.25) is 10.0 Å². The summed E-state index contributed by atoms with van der Waals surface area (Å²) < 4.78 is 55.0. The fourth-order valence-electron chi connectivity index (χ4n) is 2.48. The molecule has 8 nitrogen and oxygen atoms in total. The van der Waals surface area contributed by atoms with Crippen molar-refractivity contribution < 1.29 is 26.2 Å². The first-order valence-electron chi connectivity index (χ1n) is 7.96. The molecule has 1 N–H and O–H groups in total. The zero-order chi connectivity index (χ0) is 19.1. The van der Waals surface area contributed by atoms with Crippen LogP contribution in [0, 0.1) is 0 Å². The molecule has 1 aliphatic carbocycles. The molecule has 26 heavy (non-hydrogen) atoms. The Bertz CT molecular complexity index is 1070. The molecule has 0 aliphatic heterocycles. The van der Waals surface area contributed by atoms with Crippen LogP contribution in [0.25, 0.3) is 0 Å². The number of sulfone groups is 1. The normalized spacial score (nSPS) is 15.0. The minimum Gasteiger partial charge on any atom is -0.360 e. The third-order valence-corrected chi connectivity index (χ3v) is 6.50. The number of carbonyl (C=O) groups is 1. The molecule has 10 heteroatoms. The van der Waals surface area contributed by atoms with Crippen molar-refractivity contribution in [2.45, 2.75) is 30.6 Å². The van der Waals surface area contributed by atoms with Crippen molar-refractivity contribution in [2.24, 2.45) is 0 Å². The average Bonchev–Trinajstić information content (AvgIpc) is 3.30. The van der Waals surface area contributed by atoms with Gasteiger partial charge in [-0.25, -0.2) is 16.8 Å². The second kappa shape index (κ2) is 6.51. The predicted molar refractivity (Wildman–Crippen MR) is 94.5 cm³/mol. The number of nitrogens with zero attached hydrogens (tertiary/aromatic N) is 1. The minimum atomic E-state index is -3.71. The van der Waals surface area contributed by atoms with Crippen LogP contribution in [0.1, 0.15) is 47.4 Å². The van der Waals surface area contributed by atoms with Gasteiger partial charge < -0.3 is 4.52 Å². The van der Waals surface area contributed by atoms with E-state index in [0.717, 1.165) is 25.2 Å². The van der Waals surface area contributed by atoms with Crippen molar-refractivity contribution in [1.29, 1.82) is 0 Å². The summed E-state index contributed by atoms with van der Waals surface area (Å²) in [5, 5.41) is 3.68. The number of ketones is 1. The molecular weight excluding hydrogens is 380 g/mol. The lowest BCUT2D eigenvalue weighted by Crippen LogP contribution is -2.18. The molecular formula is C16H18N2O6S2. The number of benzene rings is 1. The zero-order valence-corrected chi connectivity index (χ0v) is 15.9. The first kappa shape index (κ1) is 18.6. The molecule has 3 rings (SSSR count). The summed E-state index contributed by atoms with van der Waals surface area (Å²) in [4.78, 5) is 12.8. The van der Waals surface area contributed by atoms with Crippen molar-refractivity contribution >= 4 is 31.3 Å². The molecule has 1 fully saturated rings. The van der Waals surface area contributed by atoms with Crippen LogP contribution in [0.2, 0.25) is 0 Å². The van der Waals surface area contributed by atoms with Gasteiger partial charge >= 0.3 is 0 Å². The average molecular weight is 398 g/mol. The van der Waals surface area contributed by atoms with Gasteiger partial charge in [0.15, 0.2) is 21.4 Å². The number of hydrogen-bond donors (Lipinski definition) is 1. The highest BCUT2D eigenvalue weighted by atomic mass is 32.2. The fraction of sp³-hybridized carbons (Fsp3) is 0.375. The van der Waals surface area contributed by atoms with Gasteiger partial charge in [-0.3, -0.25) is 9.52 Å². The molecule has 1 saturated carbocycles. The molecule has 0 atom stereocenters. The summed E-state index contributed by atoms with van der Waals surface area (Å²) in [5.41, 5.74) is 0.221. The maximum Gasteiger partial charge on any atom is 0.232 e. The molecule has 2 aromatic rings. The van der Waals surface area contributed by atoms with Gasteiger partial charge in [0.25, 0.3) is 0 Å². The smallest absolute Gasteiger partial charge is 0.232 e. The largest absolute Gasteiger partial charge is 0.360 e. The van der Waals surface area contributed by atoms with Gasteiger partial charge in [0.1, 0.15) is 0 Å². The Kier molecular flexibility index (Phi) is 4.65. The first-order valence-corrected chi connectivity index (χ1v) is 11.5. The SMILES string of the molecule is CCS(=O)(=O)Nc1cc(S(C)(=O)=O)ccc1C(=O)c1cnoc1C1CC1. The van der Waals surface area contributed by atoms with Crippen LogP contribution in [0.4, 0.5) is 5.69 Å². The highest BCUT2D eigenvalue weighted by molar-refractivity contribution is 7.92. The van der Waals surface area contributed by atoms with Crippen molar-refractivity contribution in [3.63, 3.8) is 0 Å². The topological polar surface area (TPSA) is 123 Å². The third kappa shape index (κ3) is 3.80. The number of rotatable bonds is 7. The molecule has 0 amide bonds. The third-order valence-electron chi connectivity index (χ3n) is 4.10. The monoisotopic (exact) mass is 398 g/mol. The van der Waals surface area contributed by atoms with Crippen molar-refractivity contribution in [3.8, 4) is 0 Å². The summed E-state index contributed by atoms with van der Waals surface area (Å²) in [6, 6.07) is 3.73. The highest BCUT2D eigenvalue weighted by Crippen LogP contribution is 2.42. The lowest BCUT2D eigenvalue weighted by molar-refractivity contribution is 0.103. The minimum absolute atomic E-state index is 0.0412. The summed E-state index contributed by atoms with van der Waals surface area (Å²) in [6.45, 7) is 1.44. The van der Waals surface area contributed by atoms with Crippen LogP contribution in [0.5, 0.6) is 0 Å². The van der Waals surface area contributed by atoms with Crippen LogP contribution >= 0.6 is 0 Å². The number of nitrogens with one attached hydrogen (secondary N) is 1. The summed E-state index contributed by atoms with van der Waals surface area (Å²) >= 11 is 0. The van der Waals surface area contributed by atoms with E-state index >= 15 is 0 Å². The molecule has 1 heterocycles. The van der Waals surface area contributed by atoms with E-state index in [2.05, 4.69) is 9.88 Å². The molecule has 0 spiro atoms. The van der Waals surface area contributed by atoms with E-state index in [0.29, 0.717) is 5.76 Å². The van der Waals surface area contributed by atoms with Crippen LogP contribution in [0.3, 0.4) is 0 Å².